The highest BCUT2D eigenvalue weighted by molar-refractivity contribution is 6.31. The van der Waals surface area contributed by atoms with Gasteiger partial charge >= 0.3 is 6.03 Å². The second kappa shape index (κ2) is 8.24. The van der Waals surface area contributed by atoms with Gasteiger partial charge in [0.2, 0.25) is 0 Å². The van der Waals surface area contributed by atoms with Gasteiger partial charge in [-0.3, -0.25) is 0 Å². The molecule has 1 aromatic heterocycles. The number of halogens is 1. The molecule has 0 saturated heterocycles. The largest absolute Gasteiger partial charge is 0.495 e. The van der Waals surface area contributed by atoms with E-state index in [0.29, 0.717) is 23.0 Å². The summed E-state index contributed by atoms with van der Waals surface area (Å²) in [6, 6.07) is 21.3. The number of benzene rings is 3. The van der Waals surface area contributed by atoms with Crippen molar-refractivity contribution in [3.63, 3.8) is 0 Å². The van der Waals surface area contributed by atoms with Gasteiger partial charge in [0.15, 0.2) is 0 Å². The number of nitrogens with one attached hydrogen (secondary N) is 2. The zero-order valence-electron chi connectivity index (χ0n) is 18.0. The van der Waals surface area contributed by atoms with Crippen LogP contribution in [-0.2, 0) is 6.42 Å². The number of carbonyl (C=O) groups excluding carboxylic acids is 1. The minimum absolute atomic E-state index is 0.164. The van der Waals surface area contributed by atoms with Crippen LogP contribution in [0.25, 0.3) is 10.9 Å². The van der Waals surface area contributed by atoms with Crippen molar-refractivity contribution in [3.05, 3.63) is 94.1 Å². The Balaban J connectivity index is 1.58. The summed E-state index contributed by atoms with van der Waals surface area (Å²) in [5.74, 6) is 0.630. The predicted octanol–water partition coefficient (Wildman–Crippen LogP) is 6.32. The molecule has 0 bridgehead atoms. The van der Waals surface area contributed by atoms with Gasteiger partial charge in [-0.15, -0.1) is 0 Å². The molecule has 4 aromatic rings. The summed E-state index contributed by atoms with van der Waals surface area (Å²) in [5, 5.41) is 4.87. The third-order valence-electron chi connectivity index (χ3n) is 6.09. The van der Waals surface area contributed by atoms with Crippen LogP contribution in [0.3, 0.4) is 0 Å². The van der Waals surface area contributed by atoms with Gasteiger partial charge in [0.25, 0.3) is 0 Å². The number of amides is 2. The molecule has 0 aliphatic carbocycles. The number of ether oxygens (including phenoxy) is 1. The first-order valence-corrected chi connectivity index (χ1v) is 11.0. The van der Waals surface area contributed by atoms with Gasteiger partial charge in [-0.05, 0) is 54.8 Å². The number of anilines is 1. The fourth-order valence-electron chi connectivity index (χ4n) is 4.51. The second-order valence-corrected chi connectivity index (χ2v) is 8.53. The van der Waals surface area contributed by atoms with Crippen LogP contribution >= 0.6 is 11.6 Å². The number of fused-ring (bicyclic) bond motifs is 3. The van der Waals surface area contributed by atoms with E-state index < -0.39 is 0 Å². The van der Waals surface area contributed by atoms with E-state index in [4.69, 9.17) is 16.3 Å². The van der Waals surface area contributed by atoms with Crippen LogP contribution in [-0.4, -0.2) is 29.6 Å². The van der Waals surface area contributed by atoms with E-state index in [0.717, 1.165) is 28.6 Å². The minimum Gasteiger partial charge on any atom is -0.495 e. The standard InChI is InChI=1S/C26H24ClN3O2/c1-16-7-9-17(10-8-16)25-24-19(20-15-18(27)11-12-21(20)28-24)13-14-30(25)26(31)29-22-5-3-4-6-23(22)32-2/h3-12,15,25,28H,13-14H2,1-2H3,(H,29,31). The molecule has 5 rings (SSSR count). The smallest absolute Gasteiger partial charge is 0.322 e. The number of aromatic nitrogens is 1. The average molecular weight is 446 g/mol. The monoisotopic (exact) mass is 445 g/mol. The Morgan fingerprint density at radius 2 is 1.91 bits per heavy atom. The summed E-state index contributed by atoms with van der Waals surface area (Å²) in [6.45, 7) is 2.65. The van der Waals surface area contributed by atoms with E-state index in [1.54, 1.807) is 7.11 Å². The normalized spacial score (nSPS) is 15.5. The highest BCUT2D eigenvalue weighted by Gasteiger charge is 2.34. The first-order valence-electron chi connectivity index (χ1n) is 10.6. The molecule has 162 valence electrons. The topological polar surface area (TPSA) is 57.4 Å². The SMILES string of the molecule is COc1ccccc1NC(=O)N1CCc2c([nH]c3ccc(Cl)cc23)C1c1ccc(C)cc1. The van der Waals surface area contributed by atoms with E-state index in [2.05, 4.69) is 41.5 Å². The highest BCUT2D eigenvalue weighted by Crippen LogP contribution is 2.39. The van der Waals surface area contributed by atoms with Gasteiger partial charge in [0, 0.05) is 28.2 Å². The molecule has 6 heteroatoms. The number of rotatable bonds is 3. The van der Waals surface area contributed by atoms with Crippen molar-refractivity contribution >= 4 is 34.2 Å². The van der Waals surface area contributed by atoms with Crippen LogP contribution in [0.1, 0.15) is 28.4 Å². The lowest BCUT2D eigenvalue weighted by atomic mass is 9.92. The lowest BCUT2D eigenvalue weighted by Crippen LogP contribution is -2.43. The Morgan fingerprint density at radius 1 is 1.12 bits per heavy atom. The molecule has 0 radical (unpaired) electrons. The molecule has 3 aromatic carbocycles. The molecule has 1 unspecified atom stereocenters. The number of nitrogens with zero attached hydrogens (tertiary/aromatic N) is 1. The fourth-order valence-corrected chi connectivity index (χ4v) is 4.68. The maximum Gasteiger partial charge on any atom is 0.322 e. The number of aromatic amines is 1. The summed E-state index contributed by atoms with van der Waals surface area (Å²) in [4.78, 5) is 18.9. The highest BCUT2D eigenvalue weighted by atomic mass is 35.5. The summed E-state index contributed by atoms with van der Waals surface area (Å²) >= 11 is 6.29. The Bertz CT molecular complexity index is 1300. The van der Waals surface area contributed by atoms with E-state index in [9.17, 15) is 4.79 Å². The van der Waals surface area contributed by atoms with Crippen molar-refractivity contribution in [2.24, 2.45) is 0 Å². The van der Waals surface area contributed by atoms with Gasteiger partial charge in [-0.1, -0.05) is 53.6 Å². The van der Waals surface area contributed by atoms with Crippen LogP contribution in [0.15, 0.2) is 66.7 Å². The van der Waals surface area contributed by atoms with Crippen molar-refractivity contribution in [2.75, 3.05) is 19.0 Å². The van der Waals surface area contributed by atoms with Crippen molar-refractivity contribution in [2.45, 2.75) is 19.4 Å². The predicted molar refractivity (Wildman–Crippen MR) is 129 cm³/mol. The fraction of sp³-hybridized carbons (Fsp3) is 0.192. The van der Waals surface area contributed by atoms with Crippen molar-refractivity contribution < 1.29 is 9.53 Å². The zero-order chi connectivity index (χ0) is 22.2. The van der Waals surface area contributed by atoms with Crippen LogP contribution in [0.5, 0.6) is 5.75 Å². The van der Waals surface area contributed by atoms with Gasteiger partial charge in [-0.25, -0.2) is 4.79 Å². The number of methoxy groups -OCH3 is 1. The maximum absolute atomic E-state index is 13.5. The van der Waals surface area contributed by atoms with E-state index in [1.165, 1.54) is 11.1 Å². The zero-order valence-corrected chi connectivity index (χ0v) is 18.7. The molecular formula is C26H24ClN3O2. The summed E-state index contributed by atoms with van der Waals surface area (Å²) in [5.41, 5.74) is 6.17. The van der Waals surface area contributed by atoms with Crippen LogP contribution < -0.4 is 10.1 Å². The molecule has 5 nitrogen and oxygen atoms in total. The Morgan fingerprint density at radius 3 is 2.69 bits per heavy atom. The number of carbonyl (C=O) groups is 1. The van der Waals surface area contributed by atoms with Crippen LogP contribution in [0.4, 0.5) is 10.5 Å². The average Bonchev–Trinajstić information content (AvgIpc) is 3.17. The minimum atomic E-state index is -0.236. The van der Waals surface area contributed by atoms with E-state index in [-0.39, 0.29) is 12.1 Å². The van der Waals surface area contributed by atoms with Crippen LogP contribution in [0, 0.1) is 6.92 Å². The Labute approximate surface area is 192 Å². The van der Waals surface area contributed by atoms with Crippen molar-refractivity contribution in [1.82, 2.24) is 9.88 Å². The number of aryl methyl sites for hydroxylation is 1. The molecule has 2 heterocycles. The number of hydrogen-bond donors (Lipinski definition) is 2. The summed E-state index contributed by atoms with van der Waals surface area (Å²) in [6.07, 6.45) is 0.747. The Kier molecular flexibility index (Phi) is 5.27. The maximum atomic E-state index is 13.5. The number of urea groups is 1. The molecule has 32 heavy (non-hydrogen) atoms. The lowest BCUT2D eigenvalue weighted by molar-refractivity contribution is 0.193. The van der Waals surface area contributed by atoms with E-state index >= 15 is 0 Å². The lowest BCUT2D eigenvalue weighted by Gasteiger charge is -2.36. The molecule has 2 N–H and O–H groups in total. The van der Waals surface area contributed by atoms with Gasteiger partial charge in [-0.2, -0.15) is 0 Å². The van der Waals surface area contributed by atoms with Crippen LogP contribution in [0.2, 0.25) is 5.02 Å². The third-order valence-corrected chi connectivity index (χ3v) is 6.33. The molecule has 0 saturated carbocycles. The molecular weight excluding hydrogens is 422 g/mol. The number of H-pyrrole nitrogens is 1. The molecule has 1 aliphatic rings. The van der Waals surface area contributed by atoms with Gasteiger partial charge in [0.1, 0.15) is 5.75 Å². The molecule has 1 aliphatic heterocycles. The molecule has 2 amide bonds. The van der Waals surface area contributed by atoms with Crippen molar-refractivity contribution in [1.29, 1.82) is 0 Å². The van der Waals surface area contributed by atoms with E-state index in [1.807, 2.05) is 47.4 Å². The third kappa shape index (κ3) is 3.59. The molecule has 0 fully saturated rings. The van der Waals surface area contributed by atoms with Gasteiger partial charge in [0.05, 0.1) is 18.8 Å². The quantitative estimate of drug-likeness (QED) is 0.387. The molecule has 1 atom stereocenters. The number of hydrogen-bond acceptors (Lipinski definition) is 2. The summed E-state index contributed by atoms with van der Waals surface area (Å²) < 4.78 is 5.41. The number of para-hydroxylation sites is 2. The Hall–Kier alpha value is -3.44. The van der Waals surface area contributed by atoms with Gasteiger partial charge < -0.3 is 19.9 Å². The summed E-state index contributed by atoms with van der Waals surface area (Å²) in [7, 11) is 1.60. The first-order chi connectivity index (χ1) is 15.5. The van der Waals surface area contributed by atoms with Crippen molar-refractivity contribution in [3.8, 4) is 5.75 Å². The second-order valence-electron chi connectivity index (χ2n) is 8.09. The molecule has 0 spiro atoms. The first kappa shape index (κ1) is 20.5.